The molecule has 1 heterocycles. The van der Waals surface area contributed by atoms with Crippen LogP contribution in [0.25, 0.3) is 0 Å². The van der Waals surface area contributed by atoms with Gasteiger partial charge in [0.1, 0.15) is 12.4 Å². The number of aromatic hydroxyl groups is 1. The highest BCUT2D eigenvalue weighted by Crippen LogP contribution is 2.29. The zero-order chi connectivity index (χ0) is 22.1. The Hall–Kier alpha value is -3.53. The van der Waals surface area contributed by atoms with Gasteiger partial charge in [-0.3, -0.25) is 0 Å². The maximum Gasteiger partial charge on any atom is 0.194 e. The van der Waals surface area contributed by atoms with Crippen molar-refractivity contribution >= 4 is 11.6 Å². The second-order valence-corrected chi connectivity index (χ2v) is 7.11. The first kappa shape index (κ1) is 22.2. The number of benzene rings is 2. The minimum absolute atomic E-state index is 0.187. The van der Waals surface area contributed by atoms with E-state index < -0.39 is 0 Å². The molecular weight excluding hydrogens is 392 g/mol. The summed E-state index contributed by atoms with van der Waals surface area (Å²) in [5.74, 6) is 4.94. The number of nitrogens with one attached hydrogen (secondary N) is 1. The van der Waals surface area contributed by atoms with E-state index in [2.05, 4.69) is 28.0 Å². The molecule has 0 unspecified atom stereocenters. The van der Waals surface area contributed by atoms with Gasteiger partial charge < -0.3 is 29.7 Å². The number of rotatable bonds is 7. The second-order valence-electron chi connectivity index (χ2n) is 7.11. The summed E-state index contributed by atoms with van der Waals surface area (Å²) < 4.78 is 10.9. The molecule has 2 aromatic rings. The summed E-state index contributed by atoms with van der Waals surface area (Å²) in [5, 5.41) is 13.5. The van der Waals surface area contributed by atoms with Crippen molar-refractivity contribution in [1.29, 1.82) is 0 Å². The van der Waals surface area contributed by atoms with Gasteiger partial charge in [0, 0.05) is 32.7 Å². The van der Waals surface area contributed by atoms with Gasteiger partial charge in [0.05, 0.1) is 19.3 Å². The van der Waals surface area contributed by atoms with Gasteiger partial charge >= 0.3 is 0 Å². The SMILES string of the molecule is C#CCOc1cc(CN=C(NCC)N2CCN(c3ccccc3O)CC2)ccc1OC. The molecule has 7 nitrogen and oxygen atoms in total. The van der Waals surface area contributed by atoms with Gasteiger partial charge in [0.2, 0.25) is 0 Å². The molecular formula is C24H30N4O3. The van der Waals surface area contributed by atoms with Crippen LogP contribution in [-0.2, 0) is 6.54 Å². The lowest BCUT2D eigenvalue weighted by molar-refractivity contribution is 0.330. The quantitative estimate of drug-likeness (QED) is 0.406. The number of ether oxygens (including phenoxy) is 2. The third-order valence-electron chi connectivity index (χ3n) is 5.09. The lowest BCUT2D eigenvalue weighted by Gasteiger charge is -2.37. The highest BCUT2D eigenvalue weighted by atomic mass is 16.5. The zero-order valence-electron chi connectivity index (χ0n) is 18.2. The third kappa shape index (κ3) is 5.76. The molecule has 0 amide bonds. The fourth-order valence-corrected chi connectivity index (χ4v) is 3.53. The molecule has 1 saturated heterocycles. The van der Waals surface area contributed by atoms with E-state index in [4.69, 9.17) is 20.9 Å². The number of para-hydroxylation sites is 2. The van der Waals surface area contributed by atoms with E-state index >= 15 is 0 Å². The van der Waals surface area contributed by atoms with E-state index in [1.54, 1.807) is 13.2 Å². The van der Waals surface area contributed by atoms with Crippen LogP contribution in [-0.4, -0.2) is 62.4 Å². The molecule has 1 aliphatic heterocycles. The number of nitrogens with zero attached hydrogens (tertiary/aromatic N) is 3. The molecule has 0 bridgehead atoms. The lowest BCUT2D eigenvalue weighted by Crippen LogP contribution is -2.52. The van der Waals surface area contributed by atoms with Crippen molar-refractivity contribution < 1.29 is 14.6 Å². The normalized spacial score (nSPS) is 14.2. The topological polar surface area (TPSA) is 69.6 Å². The first-order chi connectivity index (χ1) is 15.2. The smallest absolute Gasteiger partial charge is 0.194 e. The Morgan fingerprint density at radius 3 is 2.61 bits per heavy atom. The molecule has 7 heteroatoms. The zero-order valence-corrected chi connectivity index (χ0v) is 18.2. The minimum atomic E-state index is 0.187. The number of piperazine rings is 1. The van der Waals surface area contributed by atoms with Gasteiger partial charge in [0.15, 0.2) is 17.5 Å². The maximum absolute atomic E-state index is 10.1. The second kappa shape index (κ2) is 11.0. The Labute approximate surface area is 184 Å². The summed E-state index contributed by atoms with van der Waals surface area (Å²) >= 11 is 0. The largest absolute Gasteiger partial charge is 0.506 e. The van der Waals surface area contributed by atoms with E-state index in [0.29, 0.717) is 23.8 Å². The van der Waals surface area contributed by atoms with Crippen molar-refractivity contribution in [2.75, 3.05) is 51.3 Å². The molecule has 3 rings (SSSR count). The Morgan fingerprint density at radius 1 is 1.16 bits per heavy atom. The molecule has 2 N–H and O–H groups in total. The Bertz CT molecular complexity index is 931. The van der Waals surface area contributed by atoms with Crippen LogP contribution in [0.4, 0.5) is 5.69 Å². The van der Waals surface area contributed by atoms with Crippen molar-refractivity contribution in [1.82, 2.24) is 10.2 Å². The number of hydrogen-bond donors (Lipinski definition) is 2. The Morgan fingerprint density at radius 2 is 1.94 bits per heavy atom. The summed E-state index contributed by atoms with van der Waals surface area (Å²) in [4.78, 5) is 9.28. The van der Waals surface area contributed by atoms with E-state index in [-0.39, 0.29) is 6.61 Å². The Balaban J connectivity index is 1.67. The highest BCUT2D eigenvalue weighted by molar-refractivity contribution is 5.80. The average molecular weight is 423 g/mol. The predicted octanol–water partition coefficient (Wildman–Crippen LogP) is 2.70. The number of aliphatic imine (C=N–C) groups is 1. The van der Waals surface area contributed by atoms with Crippen LogP contribution in [0.15, 0.2) is 47.5 Å². The maximum atomic E-state index is 10.1. The average Bonchev–Trinajstić information content (AvgIpc) is 2.81. The first-order valence-electron chi connectivity index (χ1n) is 10.5. The van der Waals surface area contributed by atoms with Crippen LogP contribution in [0.1, 0.15) is 12.5 Å². The molecule has 164 valence electrons. The monoisotopic (exact) mass is 422 g/mol. The van der Waals surface area contributed by atoms with Crippen molar-refractivity contribution in [3.05, 3.63) is 48.0 Å². The van der Waals surface area contributed by atoms with Gasteiger partial charge in [0.25, 0.3) is 0 Å². The summed E-state index contributed by atoms with van der Waals surface area (Å²) in [6.07, 6.45) is 5.31. The van der Waals surface area contributed by atoms with Crippen LogP contribution in [0.5, 0.6) is 17.2 Å². The van der Waals surface area contributed by atoms with Crippen molar-refractivity contribution in [2.24, 2.45) is 4.99 Å². The summed E-state index contributed by atoms with van der Waals surface area (Å²) in [6, 6.07) is 13.2. The number of phenolic OH excluding ortho intramolecular Hbond substituents is 1. The molecule has 0 spiro atoms. The molecule has 0 radical (unpaired) electrons. The molecule has 0 aliphatic carbocycles. The fourth-order valence-electron chi connectivity index (χ4n) is 3.53. The standard InChI is InChI=1S/C24H30N4O3/c1-4-16-31-23-17-19(10-11-22(23)30-3)18-26-24(25-5-2)28-14-12-27(13-15-28)20-8-6-7-9-21(20)29/h1,6-11,17,29H,5,12-16,18H2,2-3H3,(H,25,26). The van der Waals surface area contributed by atoms with Crippen molar-refractivity contribution in [3.63, 3.8) is 0 Å². The number of phenols is 1. The van der Waals surface area contributed by atoms with Gasteiger partial charge in [-0.2, -0.15) is 0 Å². The number of hydrogen-bond acceptors (Lipinski definition) is 5. The molecule has 0 saturated carbocycles. The molecule has 31 heavy (non-hydrogen) atoms. The van der Waals surface area contributed by atoms with Crippen molar-refractivity contribution in [2.45, 2.75) is 13.5 Å². The fraction of sp³-hybridized carbons (Fsp3) is 0.375. The Kier molecular flexibility index (Phi) is 7.88. The van der Waals surface area contributed by atoms with E-state index in [1.807, 2.05) is 36.4 Å². The summed E-state index contributed by atoms with van der Waals surface area (Å²) in [5.41, 5.74) is 1.89. The van der Waals surface area contributed by atoms with Gasteiger partial charge in [-0.15, -0.1) is 6.42 Å². The van der Waals surface area contributed by atoms with E-state index in [1.165, 1.54) is 0 Å². The molecule has 1 aliphatic rings. The van der Waals surface area contributed by atoms with Gasteiger partial charge in [-0.25, -0.2) is 4.99 Å². The van der Waals surface area contributed by atoms with Crippen LogP contribution in [0.3, 0.4) is 0 Å². The van der Waals surface area contributed by atoms with Gasteiger partial charge in [-0.1, -0.05) is 24.1 Å². The molecule has 0 aromatic heterocycles. The lowest BCUT2D eigenvalue weighted by atomic mass is 10.2. The molecule has 1 fully saturated rings. The first-order valence-corrected chi connectivity index (χ1v) is 10.5. The third-order valence-corrected chi connectivity index (χ3v) is 5.09. The highest BCUT2D eigenvalue weighted by Gasteiger charge is 2.21. The van der Waals surface area contributed by atoms with Crippen molar-refractivity contribution in [3.8, 4) is 29.6 Å². The van der Waals surface area contributed by atoms with E-state index in [0.717, 1.165) is 49.9 Å². The van der Waals surface area contributed by atoms with Crippen LogP contribution in [0.2, 0.25) is 0 Å². The summed E-state index contributed by atoms with van der Waals surface area (Å²) in [7, 11) is 1.61. The van der Waals surface area contributed by atoms with Crippen LogP contribution >= 0.6 is 0 Å². The minimum Gasteiger partial charge on any atom is -0.506 e. The predicted molar refractivity (Wildman–Crippen MR) is 124 cm³/mol. The van der Waals surface area contributed by atoms with Crippen LogP contribution < -0.4 is 19.7 Å². The van der Waals surface area contributed by atoms with E-state index in [9.17, 15) is 5.11 Å². The molecule has 2 aromatic carbocycles. The summed E-state index contributed by atoms with van der Waals surface area (Å²) in [6.45, 7) is 6.82. The number of anilines is 1. The van der Waals surface area contributed by atoms with Crippen LogP contribution in [0, 0.1) is 12.3 Å². The number of terminal acetylenes is 1. The molecule has 0 atom stereocenters. The number of methoxy groups -OCH3 is 1. The van der Waals surface area contributed by atoms with Gasteiger partial charge in [-0.05, 0) is 36.8 Å². The number of guanidine groups is 1.